The Kier molecular flexibility index (Phi) is 6.40. The van der Waals surface area contributed by atoms with Crippen molar-refractivity contribution in [1.29, 1.82) is 0 Å². The average molecular weight is 375 g/mol. The van der Waals surface area contributed by atoms with Crippen LogP contribution >= 0.6 is 0 Å². The zero-order valence-corrected chi connectivity index (χ0v) is 16.2. The Balaban J connectivity index is 1.80. The Morgan fingerprint density at radius 2 is 1.71 bits per heavy atom. The maximum atomic E-state index is 12.7. The molecule has 3 rings (SSSR count). The van der Waals surface area contributed by atoms with E-state index in [2.05, 4.69) is 5.10 Å². The number of hydrogen-bond donors (Lipinski definition) is 1. The molecule has 28 heavy (non-hydrogen) atoms. The molecule has 5 heteroatoms. The van der Waals surface area contributed by atoms with E-state index in [0.29, 0.717) is 13.1 Å². The maximum Gasteiger partial charge on any atom is 0.246 e. The van der Waals surface area contributed by atoms with Gasteiger partial charge in [-0.2, -0.15) is 5.10 Å². The van der Waals surface area contributed by atoms with Gasteiger partial charge in [-0.05, 0) is 37.6 Å². The Morgan fingerprint density at radius 3 is 2.36 bits per heavy atom. The summed E-state index contributed by atoms with van der Waals surface area (Å²) in [6.45, 7) is 4.61. The van der Waals surface area contributed by atoms with Crippen LogP contribution in [0.2, 0.25) is 0 Å². The van der Waals surface area contributed by atoms with Gasteiger partial charge in [0.1, 0.15) is 0 Å². The second kappa shape index (κ2) is 9.15. The normalized spacial score (nSPS) is 11.1. The summed E-state index contributed by atoms with van der Waals surface area (Å²) in [5, 5.41) is 13.9. The molecule has 0 saturated carbocycles. The van der Waals surface area contributed by atoms with E-state index >= 15 is 0 Å². The summed E-state index contributed by atoms with van der Waals surface area (Å²) in [4.78, 5) is 14.3. The van der Waals surface area contributed by atoms with Crippen LogP contribution in [0.25, 0.3) is 11.8 Å². The molecular weight excluding hydrogens is 350 g/mol. The number of rotatable bonds is 7. The SMILES string of the molecule is Cc1nn(-c2ccccc2)c(C)c1/C=C/C(=O)N(CCO)Cc1ccccc1. The van der Waals surface area contributed by atoms with Gasteiger partial charge in [-0.1, -0.05) is 48.5 Å². The molecule has 0 aliphatic heterocycles. The molecule has 0 unspecified atom stereocenters. The summed E-state index contributed by atoms with van der Waals surface area (Å²) < 4.78 is 1.88. The molecule has 0 aliphatic rings. The predicted octanol–water partition coefficient (Wildman–Crippen LogP) is 3.52. The molecule has 0 fully saturated rings. The Morgan fingerprint density at radius 1 is 1.07 bits per heavy atom. The number of amides is 1. The van der Waals surface area contributed by atoms with Gasteiger partial charge in [0.05, 0.1) is 18.0 Å². The number of para-hydroxylation sites is 1. The molecule has 1 aromatic heterocycles. The first-order valence-corrected chi connectivity index (χ1v) is 9.33. The van der Waals surface area contributed by atoms with Gasteiger partial charge < -0.3 is 10.0 Å². The lowest BCUT2D eigenvalue weighted by molar-refractivity contribution is -0.127. The van der Waals surface area contributed by atoms with Crippen LogP contribution in [0.1, 0.15) is 22.5 Å². The molecule has 5 nitrogen and oxygen atoms in total. The van der Waals surface area contributed by atoms with E-state index in [0.717, 1.165) is 28.2 Å². The van der Waals surface area contributed by atoms with Crippen LogP contribution in [0.15, 0.2) is 66.7 Å². The van der Waals surface area contributed by atoms with Gasteiger partial charge in [0.2, 0.25) is 5.91 Å². The molecule has 1 N–H and O–H groups in total. The molecule has 1 heterocycles. The number of aromatic nitrogens is 2. The molecular formula is C23H25N3O2. The summed E-state index contributed by atoms with van der Waals surface area (Å²) in [6.07, 6.45) is 3.37. The van der Waals surface area contributed by atoms with Crippen molar-refractivity contribution in [3.05, 3.63) is 89.3 Å². The standard InChI is InChI=1S/C23H25N3O2/c1-18-22(19(2)26(24-18)21-11-7-4-8-12-21)13-14-23(28)25(15-16-27)17-20-9-5-3-6-10-20/h3-14,27H,15-17H2,1-2H3/b14-13+. The quantitative estimate of drug-likeness (QED) is 0.643. The van der Waals surface area contributed by atoms with Crippen LogP contribution in [0.5, 0.6) is 0 Å². The third-order valence-electron chi connectivity index (χ3n) is 4.64. The van der Waals surface area contributed by atoms with Crippen molar-refractivity contribution >= 4 is 12.0 Å². The number of hydrogen-bond acceptors (Lipinski definition) is 3. The van der Waals surface area contributed by atoms with Gasteiger partial charge >= 0.3 is 0 Å². The van der Waals surface area contributed by atoms with E-state index in [9.17, 15) is 9.90 Å². The van der Waals surface area contributed by atoms with Crippen LogP contribution in [0.4, 0.5) is 0 Å². The number of nitrogens with zero attached hydrogens (tertiary/aromatic N) is 3. The van der Waals surface area contributed by atoms with Crippen LogP contribution in [0.3, 0.4) is 0 Å². The fourth-order valence-corrected chi connectivity index (χ4v) is 3.17. The van der Waals surface area contributed by atoms with Crippen molar-refractivity contribution in [2.45, 2.75) is 20.4 Å². The Bertz CT molecular complexity index is 947. The lowest BCUT2D eigenvalue weighted by Gasteiger charge is -2.20. The summed E-state index contributed by atoms with van der Waals surface area (Å²) >= 11 is 0. The van der Waals surface area contributed by atoms with Crippen molar-refractivity contribution in [2.75, 3.05) is 13.2 Å². The number of aryl methyl sites for hydroxylation is 1. The molecule has 2 aromatic carbocycles. The zero-order valence-electron chi connectivity index (χ0n) is 16.2. The molecule has 0 spiro atoms. The van der Waals surface area contributed by atoms with E-state index in [-0.39, 0.29) is 12.5 Å². The fraction of sp³-hybridized carbons (Fsp3) is 0.217. The van der Waals surface area contributed by atoms with Crippen molar-refractivity contribution < 1.29 is 9.90 Å². The van der Waals surface area contributed by atoms with Crippen molar-refractivity contribution in [3.8, 4) is 5.69 Å². The van der Waals surface area contributed by atoms with Gasteiger partial charge in [-0.25, -0.2) is 4.68 Å². The van der Waals surface area contributed by atoms with Gasteiger partial charge in [-0.15, -0.1) is 0 Å². The highest BCUT2D eigenvalue weighted by atomic mass is 16.3. The van der Waals surface area contributed by atoms with Crippen molar-refractivity contribution in [3.63, 3.8) is 0 Å². The molecule has 0 bridgehead atoms. The minimum atomic E-state index is -0.135. The lowest BCUT2D eigenvalue weighted by Crippen LogP contribution is -2.31. The van der Waals surface area contributed by atoms with Crippen LogP contribution < -0.4 is 0 Å². The van der Waals surface area contributed by atoms with Gasteiger partial charge in [0, 0.05) is 30.4 Å². The average Bonchev–Trinajstić information content (AvgIpc) is 3.01. The van der Waals surface area contributed by atoms with E-state index in [1.54, 1.807) is 11.0 Å². The second-order valence-electron chi connectivity index (χ2n) is 6.63. The smallest absolute Gasteiger partial charge is 0.246 e. The number of aliphatic hydroxyl groups is 1. The largest absolute Gasteiger partial charge is 0.395 e. The van der Waals surface area contributed by atoms with E-state index in [4.69, 9.17) is 0 Å². The summed E-state index contributed by atoms with van der Waals surface area (Å²) in [6, 6.07) is 19.7. The fourth-order valence-electron chi connectivity index (χ4n) is 3.17. The van der Waals surface area contributed by atoms with E-state index in [1.807, 2.05) is 85.3 Å². The summed E-state index contributed by atoms with van der Waals surface area (Å²) in [7, 11) is 0. The van der Waals surface area contributed by atoms with E-state index in [1.165, 1.54) is 0 Å². The zero-order chi connectivity index (χ0) is 19.9. The van der Waals surface area contributed by atoms with Gasteiger partial charge in [-0.3, -0.25) is 4.79 Å². The first-order chi connectivity index (χ1) is 13.6. The van der Waals surface area contributed by atoms with Crippen LogP contribution in [-0.4, -0.2) is 38.8 Å². The van der Waals surface area contributed by atoms with Crippen LogP contribution in [0, 0.1) is 13.8 Å². The van der Waals surface area contributed by atoms with Crippen molar-refractivity contribution in [1.82, 2.24) is 14.7 Å². The molecule has 0 aliphatic carbocycles. The minimum Gasteiger partial charge on any atom is -0.395 e. The molecule has 0 atom stereocenters. The first-order valence-electron chi connectivity index (χ1n) is 9.33. The third-order valence-corrected chi connectivity index (χ3v) is 4.64. The maximum absolute atomic E-state index is 12.7. The number of carbonyl (C=O) groups is 1. The van der Waals surface area contributed by atoms with Gasteiger partial charge in [0.25, 0.3) is 0 Å². The van der Waals surface area contributed by atoms with Crippen molar-refractivity contribution in [2.24, 2.45) is 0 Å². The highest BCUT2D eigenvalue weighted by Gasteiger charge is 2.13. The highest BCUT2D eigenvalue weighted by molar-refractivity contribution is 5.92. The van der Waals surface area contributed by atoms with Gasteiger partial charge in [0.15, 0.2) is 0 Å². The second-order valence-corrected chi connectivity index (χ2v) is 6.63. The topological polar surface area (TPSA) is 58.4 Å². The number of carbonyl (C=O) groups excluding carboxylic acids is 1. The third kappa shape index (κ3) is 4.56. The van der Waals surface area contributed by atoms with E-state index < -0.39 is 0 Å². The number of aliphatic hydroxyl groups excluding tert-OH is 1. The lowest BCUT2D eigenvalue weighted by atomic mass is 10.1. The minimum absolute atomic E-state index is 0.0730. The number of benzene rings is 2. The Labute approximate surface area is 165 Å². The molecule has 0 saturated heterocycles. The first kappa shape index (κ1) is 19.6. The predicted molar refractivity (Wildman–Crippen MR) is 111 cm³/mol. The summed E-state index contributed by atoms with van der Waals surface area (Å²) in [5.41, 5.74) is 4.79. The molecule has 3 aromatic rings. The molecule has 144 valence electrons. The van der Waals surface area contributed by atoms with Crippen LogP contribution in [-0.2, 0) is 11.3 Å². The monoisotopic (exact) mass is 375 g/mol. The highest BCUT2D eigenvalue weighted by Crippen LogP contribution is 2.19. The Hall–Kier alpha value is -3.18. The molecule has 0 radical (unpaired) electrons. The molecule has 1 amide bonds. The summed E-state index contributed by atoms with van der Waals surface area (Å²) in [5.74, 6) is -0.135.